The predicted molar refractivity (Wildman–Crippen MR) is 123 cm³/mol. The van der Waals surface area contributed by atoms with Gasteiger partial charge in [-0.25, -0.2) is 0 Å². The van der Waals surface area contributed by atoms with Gasteiger partial charge in [-0.2, -0.15) is 8.42 Å². The molecule has 2 heterocycles. The van der Waals surface area contributed by atoms with Gasteiger partial charge >= 0.3 is 0 Å². The first kappa shape index (κ1) is 21.1. The molecule has 0 unspecified atom stereocenters. The van der Waals surface area contributed by atoms with Crippen LogP contribution in [0.4, 0.5) is 5.69 Å². The van der Waals surface area contributed by atoms with Gasteiger partial charge in [-0.1, -0.05) is 44.2 Å². The van der Waals surface area contributed by atoms with Crippen LogP contribution < -0.4 is 10.6 Å². The summed E-state index contributed by atoms with van der Waals surface area (Å²) in [4.78, 5) is 16.0. The van der Waals surface area contributed by atoms with Gasteiger partial charge < -0.3 is 15.6 Å². The molecule has 0 atom stereocenters. The Morgan fingerprint density at radius 2 is 1.84 bits per heavy atom. The van der Waals surface area contributed by atoms with Crippen molar-refractivity contribution in [3.05, 3.63) is 60.3 Å². The van der Waals surface area contributed by atoms with E-state index in [1.54, 1.807) is 18.2 Å². The Hall–Kier alpha value is -3.13. The van der Waals surface area contributed by atoms with Crippen LogP contribution in [0.3, 0.4) is 0 Å². The minimum absolute atomic E-state index is 0.0687. The van der Waals surface area contributed by atoms with Crippen LogP contribution in [-0.2, 0) is 21.2 Å². The van der Waals surface area contributed by atoms with E-state index in [9.17, 15) is 13.2 Å². The maximum atomic E-state index is 12.5. The summed E-state index contributed by atoms with van der Waals surface area (Å²) in [6.07, 6.45) is 1.32. The highest BCUT2D eigenvalue weighted by Gasteiger charge is 2.29. The molecule has 1 aromatic heterocycles. The molecule has 8 heteroatoms. The molecule has 1 aliphatic heterocycles. The number of carbonyl (C=O) groups excluding carboxylic acids is 1. The maximum absolute atomic E-state index is 12.5. The molecule has 0 fully saturated rings. The number of anilines is 1. The highest BCUT2D eigenvalue weighted by Crippen LogP contribution is 2.32. The molecule has 1 amide bonds. The molecule has 7 nitrogen and oxygen atoms in total. The number of para-hydroxylation sites is 2. The number of aromatic nitrogens is 1. The number of aromatic amines is 1. The third-order valence-electron chi connectivity index (χ3n) is 5.26. The van der Waals surface area contributed by atoms with Crippen molar-refractivity contribution >= 4 is 38.4 Å². The second-order valence-electron chi connectivity index (χ2n) is 8.63. The first-order chi connectivity index (χ1) is 14.7. The molecular weight excluding hydrogens is 412 g/mol. The lowest BCUT2D eigenvalue weighted by molar-refractivity contribution is -0.122. The van der Waals surface area contributed by atoms with Crippen molar-refractivity contribution in [3.63, 3.8) is 0 Å². The first-order valence-electron chi connectivity index (χ1n) is 10.3. The molecule has 0 aliphatic carbocycles. The number of hydrogen-bond donors (Lipinski definition) is 3. The van der Waals surface area contributed by atoms with Crippen molar-refractivity contribution < 1.29 is 13.2 Å². The average molecular weight is 439 g/mol. The maximum Gasteiger partial charge on any atom is 0.286 e. The van der Waals surface area contributed by atoms with Crippen LogP contribution >= 0.6 is 0 Å². The summed E-state index contributed by atoms with van der Waals surface area (Å²) in [5, 5.41) is 7.21. The van der Waals surface area contributed by atoms with Gasteiger partial charge in [0, 0.05) is 37.0 Å². The van der Waals surface area contributed by atoms with Crippen molar-refractivity contribution in [3.8, 4) is 0 Å². The van der Waals surface area contributed by atoms with Crippen molar-refractivity contribution in [2.24, 2.45) is 9.81 Å². The van der Waals surface area contributed by atoms with Crippen LogP contribution in [0.2, 0.25) is 0 Å². The molecule has 0 spiro atoms. The molecule has 4 rings (SSSR count). The van der Waals surface area contributed by atoms with Crippen LogP contribution in [0.5, 0.6) is 0 Å². The van der Waals surface area contributed by atoms with E-state index in [0.29, 0.717) is 30.9 Å². The van der Waals surface area contributed by atoms with Crippen molar-refractivity contribution in [2.45, 2.75) is 38.0 Å². The molecule has 162 valence electrons. The molecule has 0 saturated heterocycles. The van der Waals surface area contributed by atoms with E-state index in [1.807, 2.05) is 32.0 Å². The summed E-state index contributed by atoms with van der Waals surface area (Å²) in [5.74, 6) is 0.287. The summed E-state index contributed by atoms with van der Waals surface area (Å²) in [5.41, 5.74) is 2.22. The molecule has 0 saturated carbocycles. The van der Waals surface area contributed by atoms with Gasteiger partial charge in [-0.3, -0.25) is 4.79 Å². The molecule has 0 bridgehead atoms. The molecule has 3 N–H and O–H groups in total. The summed E-state index contributed by atoms with van der Waals surface area (Å²) >= 11 is 0. The van der Waals surface area contributed by atoms with Crippen molar-refractivity contribution in [1.82, 2.24) is 10.3 Å². The minimum atomic E-state index is -3.73. The molecule has 31 heavy (non-hydrogen) atoms. The fraction of sp³-hybridized carbons (Fsp3) is 0.304. The van der Waals surface area contributed by atoms with Crippen LogP contribution in [0.25, 0.3) is 10.9 Å². The number of H-pyrrole nitrogens is 1. The van der Waals surface area contributed by atoms with E-state index in [2.05, 4.69) is 32.1 Å². The number of sulfonamides is 1. The second kappa shape index (κ2) is 8.19. The lowest BCUT2D eigenvalue weighted by Crippen LogP contribution is -2.33. The zero-order chi connectivity index (χ0) is 22.1. The molecule has 2 aromatic carbocycles. The standard InChI is InChI=1S/C23H26N4O3S/c1-23(2,14-21-26-19-9-5-6-10-20(19)31(29,30)27-21)15-22(28)24-12-11-17-13-16-7-3-4-8-18(16)25-17/h3-10,13,25H,11-12,14-15H2,1-2H3,(H,24,28)(H,26,27). The number of fused-ring (bicyclic) bond motifs is 2. The fourth-order valence-electron chi connectivity index (χ4n) is 3.86. The summed E-state index contributed by atoms with van der Waals surface area (Å²) in [7, 11) is -3.73. The Kier molecular flexibility index (Phi) is 5.58. The zero-order valence-corrected chi connectivity index (χ0v) is 18.4. The summed E-state index contributed by atoms with van der Waals surface area (Å²) in [6.45, 7) is 4.39. The number of hydrogen-bond acceptors (Lipinski definition) is 4. The van der Waals surface area contributed by atoms with E-state index in [0.717, 1.165) is 16.6 Å². The van der Waals surface area contributed by atoms with Crippen LogP contribution in [0, 0.1) is 5.41 Å². The topological polar surface area (TPSA) is 103 Å². The number of amidine groups is 1. The Labute approximate surface area is 182 Å². The van der Waals surface area contributed by atoms with Gasteiger partial charge in [0.05, 0.1) is 5.69 Å². The van der Waals surface area contributed by atoms with E-state index < -0.39 is 15.4 Å². The number of nitrogens with zero attached hydrogens (tertiary/aromatic N) is 1. The highest BCUT2D eigenvalue weighted by molar-refractivity contribution is 7.90. The molecule has 0 radical (unpaired) electrons. The van der Waals surface area contributed by atoms with Crippen molar-refractivity contribution in [2.75, 3.05) is 11.9 Å². The number of amides is 1. The van der Waals surface area contributed by atoms with Crippen LogP contribution in [-0.4, -0.2) is 31.7 Å². The quantitative estimate of drug-likeness (QED) is 0.521. The Bertz CT molecular complexity index is 1230. The van der Waals surface area contributed by atoms with E-state index in [4.69, 9.17) is 0 Å². The Morgan fingerprint density at radius 3 is 2.65 bits per heavy atom. The SMILES string of the molecule is CC(C)(CC(=O)NCCc1cc2ccccc2[nH]1)CC1=NS(=O)(=O)c2ccccc2N1. The average Bonchev–Trinajstić information content (AvgIpc) is 3.09. The third kappa shape index (κ3) is 4.96. The van der Waals surface area contributed by atoms with Crippen molar-refractivity contribution in [1.29, 1.82) is 0 Å². The fourth-order valence-corrected chi connectivity index (χ4v) is 5.01. The normalized spacial score (nSPS) is 15.1. The first-order valence-corrected chi connectivity index (χ1v) is 11.7. The summed E-state index contributed by atoms with van der Waals surface area (Å²) < 4.78 is 28.8. The molecular formula is C23H26N4O3S. The summed E-state index contributed by atoms with van der Waals surface area (Å²) in [6, 6.07) is 16.8. The van der Waals surface area contributed by atoms with Gasteiger partial charge in [0.25, 0.3) is 10.0 Å². The van der Waals surface area contributed by atoms with Gasteiger partial charge in [-0.15, -0.1) is 4.40 Å². The smallest absolute Gasteiger partial charge is 0.286 e. The monoisotopic (exact) mass is 438 g/mol. The minimum Gasteiger partial charge on any atom is -0.358 e. The predicted octanol–water partition coefficient (Wildman–Crippen LogP) is 3.85. The lowest BCUT2D eigenvalue weighted by atomic mass is 9.84. The highest BCUT2D eigenvalue weighted by atomic mass is 32.2. The Morgan fingerprint density at radius 1 is 1.10 bits per heavy atom. The van der Waals surface area contributed by atoms with Gasteiger partial charge in [0.2, 0.25) is 5.91 Å². The number of nitrogens with one attached hydrogen (secondary N) is 3. The number of rotatable bonds is 7. The lowest BCUT2D eigenvalue weighted by Gasteiger charge is -2.27. The van der Waals surface area contributed by atoms with Gasteiger partial charge in [0.1, 0.15) is 10.7 Å². The zero-order valence-electron chi connectivity index (χ0n) is 17.6. The van der Waals surface area contributed by atoms with Crippen LogP contribution in [0.15, 0.2) is 63.9 Å². The number of benzene rings is 2. The molecule has 3 aromatic rings. The largest absolute Gasteiger partial charge is 0.358 e. The van der Waals surface area contributed by atoms with Crippen LogP contribution in [0.1, 0.15) is 32.4 Å². The third-order valence-corrected chi connectivity index (χ3v) is 6.63. The Balaban J connectivity index is 1.32. The van der Waals surface area contributed by atoms with E-state index in [-0.39, 0.29) is 17.2 Å². The van der Waals surface area contributed by atoms with Gasteiger partial charge in [0.15, 0.2) is 0 Å². The number of carbonyl (C=O) groups is 1. The van der Waals surface area contributed by atoms with E-state index in [1.165, 1.54) is 6.07 Å². The second-order valence-corrected chi connectivity index (χ2v) is 10.2. The molecule has 1 aliphatic rings. The van der Waals surface area contributed by atoms with Gasteiger partial charge in [-0.05, 0) is 35.1 Å². The van der Waals surface area contributed by atoms with E-state index >= 15 is 0 Å².